The molecule has 1 aromatic heterocycles. The molecule has 1 aromatic rings. The van der Waals surface area contributed by atoms with Crippen molar-refractivity contribution in [3.05, 3.63) is 11.1 Å². The van der Waals surface area contributed by atoms with E-state index < -0.39 is 10.2 Å². The molecule has 104 valence electrons. The third-order valence-corrected chi connectivity index (χ3v) is 4.24. The quantitative estimate of drug-likeness (QED) is 0.710. The third-order valence-electron chi connectivity index (χ3n) is 2.09. The van der Waals surface area contributed by atoms with E-state index in [1.807, 2.05) is 19.2 Å². The minimum Gasteiger partial charge on any atom is -0.309 e. The second-order valence-electron chi connectivity index (χ2n) is 4.23. The van der Waals surface area contributed by atoms with Crippen molar-refractivity contribution in [2.75, 3.05) is 11.3 Å². The lowest BCUT2D eigenvalue weighted by Gasteiger charge is -2.10. The van der Waals surface area contributed by atoms with Gasteiger partial charge in [0.25, 0.3) is 0 Å². The van der Waals surface area contributed by atoms with Crippen LogP contribution in [-0.2, 0) is 10.2 Å². The van der Waals surface area contributed by atoms with Crippen molar-refractivity contribution >= 4 is 26.7 Å². The number of nitrogens with one attached hydrogen (secondary N) is 3. The maximum Gasteiger partial charge on any atom is 0.301 e. The SMILES string of the molecule is CCNC(C)c1csc(NS(=O)(=O)NC(C)C)n1. The average molecular weight is 292 g/mol. The number of rotatable bonds is 7. The van der Waals surface area contributed by atoms with Gasteiger partial charge < -0.3 is 5.32 Å². The van der Waals surface area contributed by atoms with Crippen LogP contribution in [0, 0.1) is 0 Å². The largest absolute Gasteiger partial charge is 0.309 e. The summed E-state index contributed by atoms with van der Waals surface area (Å²) < 4.78 is 28.1. The molecule has 0 spiro atoms. The van der Waals surface area contributed by atoms with Crippen molar-refractivity contribution in [2.45, 2.75) is 39.8 Å². The molecule has 0 radical (unpaired) electrons. The van der Waals surface area contributed by atoms with E-state index in [2.05, 4.69) is 19.7 Å². The highest BCUT2D eigenvalue weighted by molar-refractivity contribution is 7.91. The number of hydrogen-bond donors (Lipinski definition) is 3. The van der Waals surface area contributed by atoms with E-state index in [1.54, 1.807) is 13.8 Å². The fraction of sp³-hybridized carbons (Fsp3) is 0.700. The molecule has 18 heavy (non-hydrogen) atoms. The lowest BCUT2D eigenvalue weighted by Crippen LogP contribution is -2.35. The molecule has 3 N–H and O–H groups in total. The zero-order chi connectivity index (χ0) is 13.8. The fourth-order valence-corrected chi connectivity index (χ4v) is 3.52. The summed E-state index contributed by atoms with van der Waals surface area (Å²) >= 11 is 1.28. The summed E-state index contributed by atoms with van der Waals surface area (Å²) in [4.78, 5) is 4.25. The van der Waals surface area contributed by atoms with Crippen LogP contribution < -0.4 is 14.8 Å². The summed E-state index contributed by atoms with van der Waals surface area (Å²) in [6, 6.07) is -0.0369. The molecule has 0 aliphatic heterocycles. The minimum atomic E-state index is -3.53. The van der Waals surface area contributed by atoms with Gasteiger partial charge in [-0.05, 0) is 27.3 Å². The van der Waals surface area contributed by atoms with Crippen LogP contribution in [0.25, 0.3) is 0 Å². The lowest BCUT2D eigenvalue weighted by atomic mass is 10.3. The van der Waals surface area contributed by atoms with Crippen molar-refractivity contribution in [1.82, 2.24) is 15.0 Å². The first-order valence-electron chi connectivity index (χ1n) is 5.83. The maximum atomic E-state index is 11.6. The predicted molar refractivity (Wildman–Crippen MR) is 75.0 cm³/mol. The summed E-state index contributed by atoms with van der Waals surface area (Å²) in [5.41, 5.74) is 0.837. The normalized spacial score (nSPS) is 13.8. The van der Waals surface area contributed by atoms with Crippen LogP contribution in [0.2, 0.25) is 0 Å². The van der Waals surface area contributed by atoms with Gasteiger partial charge in [-0.3, -0.25) is 0 Å². The number of anilines is 1. The Morgan fingerprint density at radius 3 is 2.61 bits per heavy atom. The zero-order valence-corrected chi connectivity index (χ0v) is 12.7. The zero-order valence-electron chi connectivity index (χ0n) is 11.0. The van der Waals surface area contributed by atoms with Crippen LogP contribution in [0.3, 0.4) is 0 Å². The van der Waals surface area contributed by atoms with Crippen molar-refractivity contribution in [2.24, 2.45) is 0 Å². The molecule has 0 amide bonds. The molecule has 0 saturated carbocycles. The Kier molecular flexibility index (Phi) is 5.51. The molecule has 0 aromatic carbocycles. The second kappa shape index (κ2) is 6.46. The molecule has 0 bridgehead atoms. The van der Waals surface area contributed by atoms with E-state index in [4.69, 9.17) is 0 Å². The highest BCUT2D eigenvalue weighted by atomic mass is 32.2. The first kappa shape index (κ1) is 15.4. The smallest absolute Gasteiger partial charge is 0.301 e. The van der Waals surface area contributed by atoms with Crippen molar-refractivity contribution in [3.8, 4) is 0 Å². The molecule has 0 saturated heterocycles. The molecule has 1 rings (SSSR count). The fourth-order valence-electron chi connectivity index (χ4n) is 1.40. The molecule has 1 atom stereocenters. The van der Waals surface area contributed by atoms with Gasteiger partial charge in [0.15, 0.2) is 5.13 Å². The molecule has 6 nitrogen and oxygen atoms in total. The molecular weight excluding hydrogens is 272 g/mol. The Morgan fingerprint density at radius 1 is 1.39 bits per heavy atom. The first-order chi connectivity index (χ1) is 8.34. The lowest BCUT2D eigenvalue weighted by molar-refractivity contribution is 0.574. The monoisotopic (exact) mass is 292 g/mol. The Bertz CT molecular complexity index is 470. The Labute approximate surface area is 112 Å². The van der Waals surface area contributed by atoms with Crippen LogP contribution in [0.5, 0.6) is 0 Å². The third kappa shape index (κ3) is 4.89. The van der Waals surface area contributed by atoms with Gasteiger partial charge in [0.2, 0.25) is 0 Å². The molecule has 0 fully saturated rings. The van der Waals surface area contributed by atoms with E-state index in [9.17, 15) is 8.42 Å². The summed E-state index contributed by atoms with van der Waals surface area (Å²) in [6.07, 6.45) is 0. The van der Waals surface area contributed by atoms with E-state index in [-0.39, 0.29) is 12.1 Å². The van der Waals surface area contributed by atoms with Gasteiger partial charge >= 0.3 is 10.2 Å². The summed E-state index contributed by atoms with van der Waals surface area (Å²) in [6.45, 7) is 8.37. The topological polar surface area (TPSA) is 83.1 Å². The number of nitrogens with zero attached hydrogens (tertiary/aromatic N) is 1. The summed E-state index contributed by atoms with van der Waals surface area (Å²) in [5, 5.41) is 5.45. The van der Waals surface area contributed by atoms with E-state index >= 15 is 0 Å². The van der Waals surface area contributed by atoms with Crippen molar-refractivity contribution < 1.29 is 8.42 Å². The van der Waals surface area contributed by atoms with Gasteiger partial charge in [0, 0.05) is 17.5 Å². The average Bonchev–Trinajstić information content (AvgIpc) is 2.63. The molecule has 8 heteroatoms. The molecular formula is C10H20N4O2S2. The second-order valence-corrected chi connectivity index (χ2v) is 6.54. The highest BCUT2D eigenvalue weighted by Gasteiger charge is 2.15. The molecule has 1 unspecified atom stereocenters. The number of thiazole rings is 1. The number of aromatic nitrogens is 1. The van der Waals surface area contributed by atoms with E-state index in [0.717, 1.165) is 12.2 Å². The van der Waals surface area contributed by atoms with Gasteiger partial charge in [0.05, 0.1) is 5.69 Å². The van der Waals surface area contributed by atoms with Gasteiger partial charge in [-0.2, -0.15) is 13.1 Å². The molecule has 0 aliphatic carbocycles. The maximum absolute atomic E-state index is 11.6. The van der Waals surface area contributed by atoms with E-state index in [1.165, 1.54) is 11.3 Å². The summed E-state index contributed by atoms with van der Waals surface area (Å²) in [5.74, 6) is 0. The predicted octanol–water partition coefficient (Wildman–Crippen LogP) is 1.47. The van der Waals surface area contributed by atoms with Crippen LogP contribution in [0.1, 0.15) is 39.4 Å². The first-order valence-corrected chi connectivity index (χ1v) is 8.19. The highest BCUT2D eigenvalue weighted by Crippen LogP contribution is 2.21. The van der Waals surface area contributed by atoms with Crippen molar-refractivity contribution in [1.29, 1.82) is 0 Å². The van der Waals surface area contributed by atoms with Crippen LogP contribution in [-0.4, -0.2) is 26.0 Å². The van der Waals surface area contributed by atoms with Gasteiger partial charge in [0.1, 0.15) is 0 Å². The van der Waals surface area contributed by atoms with Crippen LogP contribution in [0.4, 0.5) is 5.13 Å². The Morgan fingerprint density at radius 2 is 2.06 bits per heavy atom. The number of hydrogen-bond acceptors (Lipinski definition) is 5. The van der Waals surface area contributed by atoms with E-state index in [0.29, 0.717) is 5.13 Å². The van der Waals surface area contributed by atoms with Crippen LogP contribution in [0.15, 0.2) is 5.38 Å². The summed E-state index contributed by atoms with van der Waals surface area (Å²) in [7, 11) is -3.53. The standard InChI is InChI=1S/C10H20N4O2S2/c1-5-11-8(4)9-6-17-10(12-9)14-18(15,16)13-7(2)3/h6-8,11,13H,5H2,1-4H3,(H,12,14). The minimum absolute atomic E-state index is 0.113. The molecule has 1 heterocycles. The molecule has 0 aliphatic rings. The van der Waals surface area contributed by atoms with Gasteiger partial charge in [-0.1, -0.05) is 6.92 Å². The van der Waals surface area contributed by atoms with Crippen molar-refractivity contribution in [3.63, 3.8) is 0 Å². The Hall–Kier alpha value is -0.700. The van der Waals surface area contributed by atoms with Gasteiger partial charge in [-0.25, -0.2) is 9.71 Å². The van der Waals surface area contributed by atoms with Gasteiger partial charge in [-0.15, -0.1) is 11.3 Å². The van der Waals surface area contributed by atoms with Crippen LogP contribution >= 0.6 is 11.3 Å². The Balaban J connectivity index is 2.69.